The van der Waals surface area contributed by atoms with Crippen molar-refractivity contribution in [1.29, 1.82) is 0 Å². The Morgan fingerprint density at radius 3 is 2.35 bits per heavy atom. The molecule has 0 spiro atoms. The molecule has 0 N–H and O–H groups in total. The number of piperidine rings is 2. The van der Waals surface area contributed by atoms with Gasteiger partial charge in [0, 0.05) is 25.0 Å². The lowest BCUT2D eigenvalue weighted by molar-refractivity contribution is -0.134. The van der Waals surface area contributed by atoms with Crippen LogP contribution in [0, 0.1) is 23.7 Å². The third-order valence-corrected chi connectivity index (χ3v) is 7.38. The molecule has 4 fully saturated rings. The lowest BCUT2D eigenvalue weighted by Gasteiger charge is -2.36. The number of carbonyl (C=O) groups excluding carboxylic acids is 1. The molecule has 4 atom stereocenters. The Balaban J connectivity index is 1.18. The Hall–Kier alpha value is -0.570. The van der Waals surface area contributed by atoms with Crippen molar-refractivity contribution in [3.05, 3.63) is 0 Å². The summed E-state index contributed by atoms with van der Waals surface area (Å²) in [4.78, 5) is 17.6. The summed E-state index contributed by atoms with van der Waals surface area (Å²) in [5.74, 6) is 3.37. The van der Waals surface area contributed by atoms with E-state index in [1.807, 2.05) is 0 Å². The highest BCUT2D eigenvalue weighted by atomic mass is 16.2. The lowest BCUT2D eigenvalue weighted by atomic mass is 9.92. The molecule has 0 radical (unpaired) electrons. The van der Waals surface area contributed by atoms with Gasteiger partial charge in [-0.05, 0) is 82.7 Å². The largest absolute Gasteiger partial charge is 0.342 e. The summed E-state index contributed by atoms with van der Waals surface area (Å²) in [6.07, 6.45) is 12.1. The van der Waals surface area contributed by atoms with E-state index in [0.717, 1.165) is 36.9 Å². The van der Waals surface area contributed by atoms with Gasteiger partial charge in [0.25, 0.3) is 0 Å². The highest BCUT2D eigenvalue weighted by Gasteiger charge is 2.57. The Morgan fingerprint density at radius 1 is 0.913 bits per heavy atom. The summed E-state index contributed by atoms with van der Waals surface area (Å²) in [6, 6.07) is 0.791. The van der Waals surface area contributed by atoms with Gasteiger partial charge in [0.05, 0.1) is 0 Å². The van der Waals surface area contributed by atoms with Gasteiger partial charge in [-0.1, -0.05) is 12.8 Å². The monoisotopic (exact) mass is 318 g/mol. The zero-order valence-electron chi connectivity index (χ0n) is 14.9. The molecule has 1 amide bonds. The van der Waals surface area contributed by atoms with Crippen molar-refractivity contribution < 1.29 is 4.79 Å². The molecule has 2 saturated carbocycles. The zero-order valence-corrected chi connectivity index (χ0v) is 14.9. The van der Waals surface area contributed by atoms with Crippen molar-refractivity contribution in [2.75, 3.05) is 26.2 Å². The maximum Gasteiger partial charge on any atom is 0.226 e. The smallest absolute Gasteiger partial charge is 0.226 e. The van der Waals surface area contributed by atoms with Gasteiger partial charge in [-0.25, -0.2) is 0 Å². The number of likely N-dealkylation sites (tertiary alicyclic amines) is 2. The van der Waals surface area contributed by atoms with E-state index in [1.54, 1.807) is 0 Å². The van der Waals surface area contributed by atoms with Gasteiger partial charge in [0.2, 0.25) is 5.91 Å². The molecule has 0 aromatic carbocycles. The average Bonchev–Trinajstić information content (AvgIpc) is 3.05. The molecule has 2 aliphatic carbocycles. The second-order valence-electron chi connectivity index (χ2n) is 8.72. The molecule has 3 heteroatoms. The van der Waals surface area contributed by atoms with Gasteiger partial charge in [-0.15, -0.1) is 0 Å². The summed E-state index contributed by atoms with van der Waals surface area (Å²) in [5, 5.41) is 0. The van der Waals surface area contributed by atoms with Crippen molar-refractivity contribution in [3.63, 3.8) is 0 Å². The highest BCUT2D eigenvalue weighted by Crippen LogP contribution is 2.58. The van der Waals surface area contributed by atoms with E-state index in [4.69, 9.17) is 0 Å². The fourth-order valence-electron chi connectivity index (χ4n) is 5.68. The maximum atomic E-state index is 12.6. The molecule has 0 aromatic rings. The first kappa shape index (κ1) is 15.9. The van der Waals surface area contributed by atoms with Crippen LogP contribution in [0.5, 0.6) is 0 Å². The summed E-state index contributed by atoms with van der Waals surface area (Å²) >= 11 is 0. The number of hydrogen-bond acceptors (Lipinski definition) is 2. The Morgan fingerprint density at radius 2 is 1.65 bits per heavy atom. The minimum Gasteiger partial charge on any atom is -0.342 e. The Labute approximate surface area is 141 Å². The normalized spacial score (nSPS) is 38.6. The SMILES string of the molecule is C[C@H]1CCCCN1CCC1CCN(C(=O)C2[C@H]3CCC[C@@H]23)CC1. The maximum absolute atomic E-state index is 12.6. The van der Waals surface area contributed by atoms with Crippen molar-refractivity contribution in [2.24, 2.45) is 23.7 Å². The minimum absolute atomic E-state index is 0.439. The van der Waals surface area contributed by atoms with Crippen molar-refractivity contribution in [2.45, 2.75) is 70.8 Å². The fourth-order valence-corrected chi connectivity index (χ4v) is 5.68. The van der Waals surface area contributed by atoms with Crippen LogP contribution in [0.1, 0.15) is 64.7 Å². The number of hydrogen-bond donors (Lipinski definition) is 0. The van der Waals surface area contributed by atoms with Crippen LogP contribution in [0.2, 0.25) is 0 Å². The van der Waals surface area contributed by atoms with Gasteiger partial charge in [0.1, 0.15) is 0 Å². The van der Waals surface area contributed by atoms with Crippen molar-refractivity contribution in [3.8, 4) is 0 Å². The molecule has 2 aliphatic heterocycles. The van der Waals surface area contributed by atoms with Crippen molar-refractivity contribution in [1.82, 2.24) is 9.80 Å². The molecule has 4 aliphatic rings. The molecular weight excluding hydrogens is 284 g/mol. The second-order valence-corrected chi connectivity index (χ2v) is 8.72. The van der Waals surface area contributed by atoms with Gasteiger partial charge in [-0.3, -0.25) is 4.79 Å². The number of amides is 1. The van der Waals surface area contributed by atoms with E-state index >= 15 is 0 Å². The molecule has 3 nitrogen and oxygen atoms in total. The zero-order chi connectivity index (χ0) is 15.8. The standard InChI is InChI=1S/C20H34N2O/c1-15-5-2-3-11-21(15)12-8-16-9-13-22(14-10-16)20(23)19-17-6-4-7-18(17)19/h15-19H,2-14H2,1H3/t15-,17-,18+,19?/m0/s1. The van der Waals surface area contributed by atoms with Gasteiger partial charge >= 0.3 is 0 Å². The summed E-state index contributed by atoms with van der Waals surface area (Å²) in [6.45, 7) is 7.06. The molecular formula is C20H34N2O. The van der Waals surface area contributed by atoms with Crippen LogP contribution in [-0.2, 0) is 4.79 Å². The first-order chi connectivity index (χ1) is 11.2. The summed E-state index contributed by atoms with van der Waals surface area (Å²) in [7, 11) is 0. The average molecular weight is 319 g/mol. The van der Waals surface area contributed by atoms with Crippen LogP contribution in [0.4, 0.5) is 0 Å². The predicted octanol–water partition coefficient (Wildman–Crippen LogP) is 3.54. The van der Waals surface area contributed by atoms with Crippen LogP contribution >= 0.6 is 0 Å². The minimum atomic E-state index is 0.439. The molecule has 23 heavy (non-hydrogen) atoms. The number of nitrogens with zero attached hydrogens (tertiary/aromatic N) is 2. The quantitative estimate of drug-likeness (QED) is 0.791. The van der Waals surface area contributed by atoms with Gasteiger partial charge in [0.15, 0.2) is 0 Å². The highest BCUT2D eigenvalue weighted by molar-refractivity contribution is 5.82. The molecule has 1 unspecified atom stereocenters. The van der Waals surface area contributed by atoms with Crippen LogP contribution in [-0.4, -0.2) is 47.9 Å². The van der Waals surface area contributed by atoms with E-state index in [0.29, 0.717) is 11.8 Å². The number of carbonyl (C=O) groups is 1. The van der Waals surface area contributed by atoms with E-state index in [1.165, 1.54) is 70.9 Å². The number of rotatable bonds is 4. The third-order valence-electron chi connectivity index (χ3n) is 7.38. The van der Waals surface area contributed by atoms with Crippen LogP contribution in [0.25, 0.3) is 0 Å². The molecule has 0 bridgehead atoms. The van der Waals surface area contributed by atoms with E-state index in [2.05, 4.69) is 16.7 Å². The molecule has 130 valence electrons. The summed E-state index contributed by atoms with van der Waals surface area (Å²) < 4.78 is 0. The Bertz CT molecular complexity index is 419. The van der Waals surface area contributed by atoms with Crippen LogP contribution in [0.3, 0.4) is 0 Å². The molecule has 2 saturated heterocycles. The van der Waals surface area contributed by atoms with Gasteiger partial charge < -0.3 is 9.80 Å². The molecule has 0 aromatic heterocycles. The van der Waals surface area contributed by atoms with E-state index in [-0.39, 0.29) is 0 Å². The summed E-state index contributed by atoms with van der Waals surface area (Å²) in [5.41, 5.74) is 0. The third kappa shape index (κ3) is 3.31. The Kier molecular flexibility index (Phi) is 4.67. The van der Waals surface area contributed by atoms with E-state index < -0.39 is 0 Å². The number of fused-ring (bicyclic) bond motifs is 1. The first-order valence-corrected chi connectivity index (χ1v) is 10.3. The molecule has 2 heterocycles. The van der Waals surface area contributed by atoms with Crippen LogP contribution in [0.15, 0.2) is 0 Å². The van der Waals surface area contributed by atoms with Crippen LogP contribution < -0.4 is 0 Å². The van der Waals surface area contributed by atoms with Gasteiger partial charge in [-0.2, -0.15) is 0 Å². The van der Waals surface area contributed by atoms with E-state index in [9.17, 15) is 4.79 Å². The van der Waals surface area contributed by atoms with Crippen molar-refractivity contribution >= 4 is 5.91 Å². The fraction of sp³-hybridized carbons (Fsp3) is 0.950. The first-order valence-electron chi connectivity index (χ1n) is 10.3. The topological polar surface area (TPSA) is 23.6 Å². The predicted molar refractivity (Wildman–Crippen MR) is 93.1 cm³/mol. The second kappa shape index (κ2) is 6.74. The molecule has 4 rings (SSSR count). The lowest BCUT2D eigenvalue weighted by Crippen LogP contribution is -2.42.